The first kappa shape index (κ1) is 17.6. The number of benzene rings is 1. The van der Waals surface area contributed by atoms with Crippen LogP contribution in [0.15, 0.2) is 12.1 Å². The molecule has 1 atom stereocenters. The third kappa shape index (κ3) is 4.25. The number of hydrogen-bond donors (Lipinski definition) is 0. The molecule has 0 saturated heterocycles. The van der Waals surface area contributed by atoms with Gasteiger partial charge in [0.15, 0.2) is 11.5 Å². The van der Waals surface area contributed by atoms with Gasteiger partial charge in [0, 0.05) is 37.3 Å². The SMILES string of the molecule is COc1cc(Cl)cc(CN(C)[C@H](C)C(=O)N(C)C)c1OC. The molecule has 0 spiro atoms. The molecular weight excluding hydrogens is 292 g/mol. The normalized spacial score (nSPS) is 12.2. The van der Waals surface area contributed by atoms with Gasteiger partial charge in [-0.15, -0.1) is 0 Å². The molecule has 0 aliphatic heterocycles. The van der Waals surface area contributed by atoms with Crippen LogP contribution in [0.2, 0.25) is 5.02 Å². The first-order chi connectivity index (χ1) is 9.81. The highest BCUT2D eigenvalue weighted by atomic mass is 35.5. The highest BCUT2D eigenvalue weighted by Crippen LogP contribution is 2.35. The Bertz CT molecular complexity index is 506. The summed E-state index contributed by atoms with van der Waals surface area (Å²) in [6.45, 7) is 2.40. The number of carbonyl (C=O) groups is 1. The van der Waals surface area contributed by atoms with E-state index in [-0.39, 0.29) is 11.9 Å². The summed E-state index contributed by atoms with van der Waals surface area (Å²) in [5, 5.41) is 0.572. The summed E-state index contributed by atoms with van der Waals surface area (Å²) in [5.74, 6) is 1.27. The highest BCUT2D eigenvalue weighted by molar-refractivity contribution is 6.30. The molecule has 0 fully saturated rings. The van der Waals surface area contributed by atoms with Crippen molar-refractivity contribution < 1.29 is 14.3 Å². The van der Waals surface area contributed by atoms with Crippen molar-refractivity contribution in [3.63, 3.8) is 0 Å². The number of halogens is 1. The van der Waals surface area contributed by atoms with E-state index in [1.807, 2.05) is 24.9 Å². The van der Waals surface area contributed by atoms with Gasteiger partial charge in [-0.1, -0.05) is 11.6 Å². The zero-order valence-corrected chi connectivity index (χ0v) is 14.2. The number of hydrogen-bond acceptors (Lipinski definition) is 4. The summed E-state index contributed by atoms with van der Waals surface area (Å²) in [6, 6.07) is 3.29. The molecule has 0 N–H and O–H groups in total. The number of nitrogens with zero attached hydrogens (tertiary/aromatic N) is 2. The van der Waals surface area contributed by atoms with Crippen LogP contribution in [0.4, 0.5) is 0 Å². The predicted molar refractivity (Wildman–Crippen MR) is 84.2 cm³/mol. The maximum absolute atomic E-state index is 12.0. The average molecular weight is 315 g/mol. The molecule has 0 radical (unpaired) electrons. The quantitative estimate of drug-likeness (QED) is 0.808. The highest BCUT2D eigenvalue weighted by Gasteiger charge is 2.22. The topological polar surface area (TPSA) is 42.0 Å². The first-order valence-electron chi connectivity index (χ1n) is 6.63. The molecule has 0 unspecified atom stereocenters. The Hall–Kier alpha value is -1.46. The van der Waals surface area contributed by atoms with Gasteiger partial charge in [-0.25, -0.2) is 0 Å². The fourth-order valence-electron chi connectivity index (χ4n) is 2.09. The fourth-order valence-corrected chi connectivity index (χ4v) is 2.32. The Labute approximate surface area is 131 Å². The van der Waals surface area contributed by atoms with Gasteiger partial charge < -0.3 is 14.4 Å². The molecule has 1 aromatic rings. The Morgan fingerprint density at radius 2 is 1.86 bits per heavy atom. The molecule has 1 amide bonds. The number of ether oxygens (including phenoxy) is 2. The van der Waals surface area contributed by atoms with Crippen molar-refractivity contribution in [3.8, 4) is 11.5 Å². The zero-order chi connectivity index (χ0) is 16.2. The van der Waals surface area contributed by atoms with Crippen LogP contribution in [0.1, 0.15) is 12.5 Å². The van der Waals surface area contributed by atoms with Crippen LogP contribution in [0.3, 0.4) is 0 Å². The van der Waals surface area contributed by atoms with Crippen molar-refractivity contribution in [1.29, 1.82) is 0 Å². The maximum atomic E-state index is 12.0. The monoisotopic (exact) mass is 314 g/mol. The fraction of sp³-hybridized carbons (Fsp3) is 0.533. The molecule has 118 valence electrons. The summed E-state index contributed by atoms with van der Waals surface area (Å²) < 4.78 is 10.7. The van der Waals surface area contributed by atoms with Crippen molar-refractivity contribution >= 4 is 17.5 Å². The number of likely N-dealkylation sites (N-methyl/N-ethyl adjacent to an activating group) is 2. The van der Waals surface area contributed by atoms with E-state index in [1.165, 1.54) is 0 Å². The Morgan fingerprint density at radius 1 is 1.24 bits per heavy atom. The molecule has 21 heavy (non-hydrogen) atoms. The van der Waals surface area contributed by atoms with Crippen LogP contribution < -0.4 is 9.47 Å². The molecule has 0 heterocycles. The molecule has 0 aliphatic carbocycles. The maximum Gasteiger partial charge on any atom is 0.239 e. The molecule has 0 aliphatic rings. The molecule has 5 nitrogen and oxygen atoms in total. The van der Waals surface area contributed by atoms with Gasteiger partial charge in [-0.3, -0.25) is 9.69 Å². The van der Waals surface area contributed by atoms with Crippen LogP contribution in [0.5, 0.6) is 11.5 Å². The van der Waals surface area contributed by atoms with Crippen molar-refractivity contribution in [2.75, 3.05) is 35.4 Å². The second kappa shape index (κ2) is 7.52. The van der Waals surface area contributed by atoms with Gasteiger partial charge in [-0.2, -0.15) is 0 Å². The van der Waals surface area contributed by atoms with E-state index in [4.69, 9.17) is 21.1 Å². The molecule has 1 aromatic carbocycles. The summed E-state index contributed by atoms with van der Waals surface area (Å²) in [6.07, 6.45) is 0. The minimum atomic E-state index is -0.241. The molecule has 1 rings (SSSR count). The van der Waals surface area contributed by atoms with Gasteiger partial charge in [0.05, 0.1) is 20.3 Å². The van der Waals surface area contributed by atoms with E-state index < -0.39 is 0 Å². The van der Waals surface area contributed by atoms with Gasteiger partial charge in [0.2, 0.25) is 5.91 Å². The minimum Gasteiger partial charge on any atom is -0.493 e. The van der Waals surface area contributed by atoms with Gasteiger partial charge >= 0.3 is 0 Å². The summed E-state index contributed by atoms with van der Waals surface area (Å²) in [4.78, 5) is 15.5. The number of carbonyl (C=O) groups excluding carboxylic acids is 1. The molecule has 0 aromatic heterocycles. The van der Waals surface area contributed by atoms with Crippen LogP contribution in [-0.2, 0) is 11.3 Å². The van der Waals surface area contributed by atoms with E-state index >= 15 is 0 Å². The van der Waals surface area contributed by atoms with Crippen LogP contribution in [0.25, 0.3) is 0 Å². The van der Waals surface area contributed by atoms with Crippen LogP contribution in [-0.4, -0.2) is 57.1 Å². The Morgan fingerprint density at radius 3 is 2.33 bits per heavy atom. The Balaban J connectivity index is 3.01. The lowest BCUT2D eigenvalue weighted by Crippen LogP contribution is -2.42. The molecular formula is C15H23ClN2O3. The van der Waals surface area contributed by atoms with E-state index in [0.717, 1.165) is 5.56 Å². The number of methoxy groups -OCH3 is 2. The third-order valence-corrected chi connectivity index (χ3v) is 3.62. The van der Waals surface area contributed by atoms with E-state index in [2.05, 4.69) is 0 Å². The second-order valence-corrected chi connectivity index (χ2v) is 5.56. The Kier molecular flexibility index (Phi) is 6.30. The lowest BCUT2D eigenvalue weighted by atomic mass is 10.1. The van der Waals surface area contributed by atoms with Crippen molar-refractivity contribution in [2.45, 2.75) is 19.5 Å². The number of rotatable bonds is 6. The predicted octanol–water partition coefficient (Wildman–Crippen LogP) is 2.27. The molecule has 0 bridgehead atoms. The summed E-state index contributed by atoms with van der Waals surface area (Å²) in [7, 11) is 8.54. The second-order valence-electron chi connectivity index (χ2n) is 5.12. The average Bonchev–Trinajstić information content (AvgIpc) is 2.44. The smallest absolute Gasteiger partial charge is 0.239 e. The first-order valence-corrected chi connectivity index (χ1v) is 7.01. The van der Waals surface area contributed by atoms with Gasteiger partial charge in [-0.05, 0) is 20.0 Å². The largest absolute Gasteiger partial charge is 0.493 e. The van der Waals surface area contributed by atoms with Gasteiger partial charge in [0.25, 0.3) is 0 Å². The molecule has 6 heteroatoms. The van der Waals surface area contributed by atoms with Crippen molar-refractivity contribution in [2.24, 2.45) is 0 Å². The van der Waals surface area contributed by atoms with E-state index in [1.54, 1.807) is 39.3 Å². The van der Waals surface area contributed by atoms with Crippen molar-refractivity contribution in [3.05, 3.63) is 22.7 Å². The standard InChI is InChI=1S/C15H23ClN2O3/c1-10(15(19)17(2)3)18(4)9-11-7-12(16)8-13(20-5)14(11)21-6/h7-8,10H,9H2,1-6H3/t10-/m1/s1. The van der Waals surface area contributed by atoms with Crippen LogP contribution >= 0.6 is 11.6 Å². The van der Waals surface area contributed by atoms with E-state index in [0.29, 0.717) is 23.1 Å². The van der Waals surface area contributed by atoms with E-state index in [9.17, 15) is 4.79 Å². The zero-order valence-electron chi connectivity index (χ0n) is 13.4. The molecule has 0 saturated carbocycles. The number of amides is 1. The minimum absolute atomic E-state index is 0.0467. The third-order valence-electron chi connectivity index (χ3n) is 3.40. The van der Waals surface area contributed by atoms with Crippen molar-refractivity contribution in [1.82, 2.24) is 9.80 Å². The van der Waals surface area contributed by atoms with Gasteiger partial charge in [0.1, 0.15) is 0 Å². The summed E-state index contributed by atoms with van der Waals surface area (Å²) >= 11 is 6.10. The summed E-state index contributed by atoms with van der Waals surface area (Å²) in [5.41, 5.74) is 0.878. The lowest BCUT2D eigenvalue weighted by Gasteiger charge is -2.27. The lowest BCUT2D eigenvalue weighted by molar-refractivity contribution is -0.133. The van der Waals surface area contributed by atoms with Crippen LogP contribution in [0, 0.1) is 0 Å².